The molecule has 5 N–H and O–H groups in total. The van der Waals surface area contributed by atoms with E-state index in [0.29, 0.717) is 46.5 Å². The van der Waals surface area contributed by atoms with E-state index in [2.05, 4.69) is 15.5 Å². The molecule has 0 saturated heterocycles. The molecule has 0 aliphatic rings. The van der Waals surface area contributed by atoms with Crippen LogP contribution in [0.3, 0.4) is 0 Å². The fourth-order valence-electron chi connectivity index (χ4n) is 3.40. The number of nitrogens with zero attached hydrogens (tertiary/aromatic N) is 3. The van der Waals surface area contributed by atoms with Gasteiger partial charge in [0, 0.05) is 16.1 Å². The number of amides is 1. The van der Waals surface area contributed by atoms with Crippen LogP contribution in [0.5, 0.6) is 0 Å². The van der Waals surface area contributed by atoms with Gasteiger partial charge in [-0.1, -0.05) is 48.4 Å². The lowest BCUT2D eigenvalue weighted by Gasteiger charge is -2.15. The Morgan fingerprint density at radius 2 is 1.88 bits per heavy atom. The molecule has 1 atom stereocenters. The number of halogens is 1. The van der Waals surface area contributed by atoms with Crippen molar-refractivity contribution in [2.24, 2.45) is 11.5 Å². The highest BCUT2D eigenvalue weighted by Crippen LogP contribution is 2.25. The number of unbranched alkanes of at least 4 members (excludes halogenated alkanes) is 1. The Bertz CT molecular complexity index is 1080. The Morgan fingerprint density at radius 3 is 2.59 bits per heavy atom. The average Bonchev–Trinajstić information content (AvgIpc) is 3.17. The Kier molecular flexibility index (Phi) is 8.10. The number of benzene rings is 2. The number of rotatable bonds is 10. The van der Waals surface area contributed by atoms with Crippen molar-refractivity contribution in [3.05, 3.63) is 76.3 Å². The largest absolute Gasteiger partial charge is 0.347 e. The smallest absolute Gasteiger partial charge is 0.237 e. The van der Waals surface area contributed by atoms with E-state index in [1.165, 1.54) is 0 Å². The first-order valence-corrected chi connectivity index (χ1v) is 10.8. The molecule has 0 radical (unpaired) electrons. The minimum atomic E-state index is -0.621. The quantitative estimate of drug-likeness (QED) is 0.319. The highest BCUT2D eigenvalue weighted by Gasteiger charge is 2.21. The molecule has 8 nitrogen and oxygen atoms in total. The Labute approximate surface area is 192 Å². The molecule has 0 spiro atoms. The van der Waals surface area contributed by atoms with Gasteiger partial charge in [0.15, 0.2) is 11.6 Å². The molecule has 0 bridgehead atoms. The van der Waals surface area contributed by atoms with Gasteiger partial charge in [-0.3, -0.25) is 14.2 Å². The van der Waals surface area contributed by atoms with Gasteiger partial charge >= 0.3 is 0 Å². The fourth-order valence-corrected chi connectivity index (χ4v) is 3.57. The summed E-state index contributed by atoms with van der Waals surface area (Å²) in [6, 6.07) is 13.4. The lowest BCUT2D eigenvalue weighted by Crippen LogP contribution is -2.40. The highest BCUT2D eigenvalue weighted by molar-refractivity contribution is 6.31. The SMILES string of the molecule is Cc1nnc(CNC(=O)[C@@H](N)CCCCN)n1-c1ccc(Cl)cc1C(=O)c1ccccc1. The molecule has 32 heavy (non-hydrogen) atoms. The molecule has 1 aromatic heterocycles. The second-order valence-electron chi connectivity index (χ2n) is 7.46. The van der Waals surface area contributed by atoms with Gasteiger partial charge in [0.2, 0.25) is 5.91 Å². The number of aromatic nitrogens is 3. The fraction of sp³-hybridized carbons (Fsp3) is 0.304. The maximum Gasteiger partial charge on any atom is 0.237 e. The van der Waals surface area contributed by atoms with Gasteiger partial charge in [-0.25, -0.2) is 0 Å². The Hall–Kier alpha value is -3.07. The molecular weight excluding hydrogens is 428 g/mol. The number of nitrogens with two attached hydrogens (primary N) is 2. The summed E-state index contributed by atoms with van der Waals surface area (Å²) in [7, 11) is 0. The number of hydrogen-bond donors (Lipinski definition) is 3. The second kappa shape index (κ2) is 11.0. The van der Waals surface area contributed by atoms with Crippen LogP contribution in [0.25, 0.3) is 5.69 Å². The van der Waals surface area contributed by atoms with Crippen LogP contribution in [0.1, 0.15) is 46.8 Å². The third kappa shape index (κ3) is 5.59. The predicted molar refractivity (Wildman–Crippen MR) is 124 cm³/mol. The first-order valence-electron chi connectivity index (χ1n) is 10.5. The molecular formula is C23H27ClN6O2. The van der Waals surface area contributed by atoms with E-state index in [1.807, 2.05) is 6.07 Å². The van der Waals surface area contributed by atoms with E-state index >= 15 is 0 Å². The average molecular weight is 455 g/mol. The van der Waals surface area contributed by atoms with Crippen LogP contribution in [-0.2, 0) is 11.3 Å². The van der Waals surface area contributed by atoms with Crippen LogP contribution in [0.4, 0.5) is 0 Å². The summed E-state index contributed by atoms with van der Waals surface area (Å²) in [5.41, 5.74) is 13.0. The maximum absolute atomic E-state index is 13.2. The van der Waals surface area contributed by atoms with Gasteiger partial charge in [0.05, 0.1) is 18.3 Å². The highest BCUT2D eigenvalue weighted by atomic mass is 35.5. The van der Waals surface area contributed by atoms with Crippen molar-refractivity contribution >= 4 is 23.3 Å². The molecule has 0 saturated carbocycles. The van der Waals surface area contributed by atoms with Crippen molar-refractivity contribution in [2.75, 3.05) is 6.54 Å². The van der Waals surface area contributed by atoms with Crippen molar-refractivity contribution in [2.45, 2.75) is 38.8 Å². The summed E-state index contributed by atoms with van der Waals surface area (Å²) in [6.45, 7) is 2.47. The van der Waals surface area contributed by atoms with Gasteiger partial charge in [-0.05, 0) is 44.5 Å². The zero-order valence-corrected chi connectivity index (χ0v) is 18.7. The van der Waals surface area contributed by atoms with Gasteiger partial charge < -0.3 is 16.8 Å². The second-order valence-corrected chi connectivity index (χ2v) is 7.90. The van der Waals surface area contributed by atoms with Gasteiger partial charge in [-0.2, -0.15) is 0 Å². The summed E-state index contributed by atoms with van der Waals surface area (Å²) in [4.78, 5) is 25.6. The first kappa shape index (κ1) is 23.6. The monoisotopic (exact) mass is 454 g/mol. The summed E-state index contributed by atoms with van der Waals surface area (Å²) >= 11 is 6.21. The van der Waals surface area contributed by atoms with E-state index in [0.717, 1.165) is 12.8 Å². The first-order chi connectivity index (χ1) is 15.4. The number of hydrogen-bond acceptors (Lipinski definition) is 6. The molecule has 1 amide bonds. The van der Waals surface area contributed by atoms with Crippen LogP contribution >= 0.6 is 11.6 Å². The molecule has 0 fully saturated rings. The molecule has 1 heterocycles. The zero-order chi connectivity index (χ0) is 23.1. The molecule has 3 aromatic rings. The third-order valence-corrected chi connectivity index (χ3v) is 5.33. The summed E-state index contributed by atoms with van der Waals surface area (Å²) in [5.74, 6) is 0.611. The van der Waals surface area contributed by atoms with Crippen LogP contribution in [0.15, 0.2) is 48.5 Å². The number of nitrogens with one attached hydrogen (secondary N) is 1. The lowest BCUT2D eigenvalue weighted by atomic mass is 10.0. The van der Waals surface area contributed by atoms with Gasteiger partial charge in [0.1, 0.15) is 5.82 Å². The minimum absolute atomic E-state index is 0.117. The lowest BCUT2D eigenvalue weighted by molar-refractivity contribution is -0.122. The Balaban J connectivity index is 1.86. The Morgan fingerprint density at radius 1 is 1.12 bits per heavy atom. The third-order valence-electron chi connectivity index (χ3n) is 5.10. The molecule has 9 heteroatoms. The summed E-state index contributed by atoms with van der Waals surface area (Å²) in [5, 5.41) is 11.6. The number of aryl methyl sites for hydroxylation is 1. The number of carbonyl (C=O) groups is 2. The molecule has 0 aliphatic heterocycles. The summed E-state index contributed by atoms with van der Waals surface area (Å²) < 4.78 is 1.74. The van der Waals surface area contributed by atoms with Crippen LogP contribution in [0.2, 0.25) is 5.02 Å². The minimum Gasteiger partial charge on any atom is -0.347 e. The summed E-state index contributed by atoms with van der Waals surface area (Å²) in [6.07, 6.45) is 2.17. The van der Waals surface area contributed by atoms with Gasteiger partial charge in [0.25, 0.3) is 0 Å². The van der Waals surface area contributed by atoms with Crippen molar-refractivity contribution in [3.8, 4) is 5.69 Å². The van der Waals surface area contributed by atoms with Crippen LogP contribution in [-0.4, -0.2) is 39.0 Å². The van der Waals surface area contributed by atoms with Crippen molar-refractivity contribution in [3.63, 3.8) is 0 Å². The van der Waals surface area contributed by atoms with Crippen LogP contribution < -0.4 is 16.8 Å². The predicted octanol–water partition coefficient (Wildman–Crippen LogP) is 2.53. The van der Waals surface area contributed by atoms with E-state index in [4.69, 9.17) is 23.1 Å². The standard InChI is InChI=1S/C23H27ClN6O2/c1-15-28-29-21(14-27-23(32)19(26)9-5-6-12-25)30(15)20-11-10-17(24)13-18(20)22(31)16-7-3-2-4-8-16/h2-4,7-8,10-11,13,19H,5-6,9,12,14,25-26H2,1H3,(H,27,32)/t19-/m0/s1. The molecule has 0 aliphatic carbocycles. The van der Waals surface area contributed by atoms with Crippen molar-refractivity contribution < 1.29 is 9.59 Å². The number of carbonyl (C=O) groups excluding carboxylic acids is 2. The van der Waals surface area contributed by atoms with E-state index in [9.17, 15) is 9.59 Å². The molecule has 3 rings (SSSR count). The van der Waals surface area contributed by atoms with Crippen molar-refractivity contribution in [1.82, 2.24) is 20.1 Å². The molecule has 168 valence electrons. The topological polar surface area (TPSA) is 129 Å². The number of ketones is 1. The van der Waals surface area contributed by atoms with E-state index in [1.54, 1.807) is 54.0 Å². The maximum atomic E-state index is 13.2. The van der Waals surface area contributed by atoms with Crippen LogP contribution in [0, 0.1) is 6.92 Å². The van der Waals surface area contributed by atoms with E-state index in [-0.39, 0.29) is 18.2 Å². The van der Waals surface area contributed by atoms with Gasteiger partial charge in [-0.15, -0.1) is 10.2 Å². The normalized spacial score (nSPS) is 11.9. The van der Waals surface area contributed by atoms with Crippen molar-refractivity contribution in [1.29, 1.82) is 0 Å². The van der Waals surface area contributed by atoms with E-state index < -0.39 is 6.04 Å². The molecule has 2 aromatic carbocycles. The molecule has 0 unspecified atom stereocenters. The zero-order valence-electron chi connectivity index (χ0n) is 17.9.